The molecule has 0 saturated heterocycles. The van der Waals surface area contributed by atoms with Crippen LogP contribution < -0.4 is 15.1 Å². The molecule has 2 aromatic rings. The van der Waals surface area contributed by atoms with E-state index in [9.17, 15) is 4.79 Å². The molecule has 0 unspecified atom stereocenters. The van der Waals surface area contributed by atoms with Gasteiger partial charge in [0.15, 0.2) is 5.82 Å². The van der Waals surface area contributed by atoms with E-state index >= 15 is 0 Å². The molecule has 7 nitrogen and oxygen atoms in total. The summed E-state index contributed by atoms with van der Waals surface area (Å²) < 4.78 is 0.816. The normalized spacial score (nSPS) is 10.5. The van der Waals surface area contributed by atoms with Crippen LogP contribution >= 0.6 is 34.5 Å². The first kappa shape index (κ1) is 17.7. The van der Waals surface area contributed by atoms with Gasteiger partial charge in [0.05, 0.1) is 16.4 Å². The Morgan fingerprint density at radius 3 is 2.13 bits per heavy atom. The van der Waals surface area contributed by atoms with Crippen molar-refractivity contribution in [1.82, 2.24) is 20.3 Å². The van der Waals surface area contributed by atoms with Gasteiger partial charge in [0.2, 0.25) is 11.9 Å². The van der Waals surface area contributed by atoms with Gasteiger partial charge < -0.3 is 15.1 Å². The van der Waals surface area contributed by atoms with Crippen molar-refractivity contribution in [1.29, 1.82) is 0 Å². The molecular formula is C13H16Cl2N6OS. The molecule has 0 atom stereocenters. The van der Waals surface area contributed by atoms with E-state index in [0.717, 1.165) is 11.3 Å². The van der Waals surface area contributed by atoms with Crippen LogP contribution in [0.25, 0.3) is 0 Å². The summed E-state index contributed by atoms with van der Waals surface area (Å²) in [6.07, 6.45) is 0. The first-order chi connectivity index (χ1) is 10.8. The zero-order chi connectivity index (χ0) is 17.1. The molecule has 1 amide bonds. The predicted octanol–water partition coefficient (Wildman–Crippen LogP) is 2.30. The number of nitrogens with one attached hydrogen (secondary N) is 1. The summed E-state index contributed by atoms with van der Waals surface area (Å²) in [7, 11) is 7.35. The van der Waals surface area contributed by atoms with E-state index in [2.05, 4.69) is 20.3 Å². The number of carbonyl (C=O) groups excluding carboxylic acids is 1. The maximum absolute atomic E-state index is 12.2. The standard InChI is InChI=1S/C13H16Cl2N6OS/c1-20(2)12-17-9(18-13(19-12)21(3)4)6-16-11(22)7-5-8(14)23-10(7)15/h5H,6H2,1-4H3,(H,16,22). The molecule has 23 heavy (non-hydrogen) atoms. The fraction of sp³-hybridized carbons (Fsp3) is 0.385. The molecule has 0 saturated carbocycles. The van der Waals surface area contributed by atoms with E-state index in [1.54, 1.807) is 9.80 Å². The van der Waals surface area contributed by atoms with Gasteiger partial charge in [0, 0.05) is 28.2 Å². The molecule has 2 aromatic heterocycles. The van der Waals surface area contributed by atoms with Gasteiger partial charge in [-0.3, -0.25) is 4.79 Å². The Bertz CT molecular complexity index is 692. The van der Waals surface area contributed by atoms with Gasteiger partial charge in [-0.2, -0.15) is 15.0 Å². The highest BCUT2D eigenvalue weighted by atomic mass is 35.5. The molecule has 0 spiro atoms. The van der Waals surface area contributed by atoms with Crippen LogP contribution in [-0.4, -0.2) is 49.0 Å². The Kier molecular flexibility index (Phi) is 5.61. The lowest BCUT2D eigenvalue weighted by Gasteiger charge is -2.16. The number of aromatic nitrogens is 3. The molecule has 0 bridgehead atoms. The van der Waals surface area contributed by atoms with E-state index in [4.69, 9.17) is 23.2 Å². The lowest BCUT2D eigenvalue weighted by molar-refractivity contribution is 0.0950. The number of halogens is 2. The number of amides is 1. The number of anilines is 2. The lowest BCUT2D eigenvalue weighted by Crippen LogP contribution is -2.26. The zero-order valence-corrected chi connectivity index (χ0v) is 15.4. The summed E-state index contributed by atoms with van der Waals surface area (Å²) in [5.41, 5.74) is 0.344. The third-order valence-electron chi connectivity index (χ3n) is 2.77. The van der Waals surface area contributed by atoms with Gasteiger partial charge in [-0.1, -0.05) is 23.2 Å². The topological polar surface area (TPSA) is 74.2 Å². The molecule has 0 fully saturated rings. The van der Waals surface area contributed by atoms with Crippen LogP contribution in [0.4, 0.5) is 11.9 Å². The van der Waals surface area contributed by atoms with Crippen molar-refractivity contribution in [2.75, 3.05) is 38.0 Å². The van der Waals surface area contributed by atoms with Crippen LogP contribution in [0, 0.1) is 0 Å². The highest BCUT2D eigenvalue weighted by Gasteiger charge is 2.15. The number of thiophene rings is 1. The number of carbonyl (C=O) groups is 1. The Hall–Kier alpha value is -1.64. The van der Waals surface area contributed by atoms with Crippen LogP contribution in [0.2, 0.25) is 8.67 Å². The van der Waals surface area contributed by atoms with Gasteiger partial charge in [-0.25, -0.2) is 0 Å². The zero-order valence-electron chi connectivity index (χ0n) is 13.1. The molecule has 2 rings (SSSR count). The Balaban J connectivity index is 2.16. The Labute approximate surface area is 148 Å². The van der Waals surface area contributed by atoms with Crippen molar-refractivity contribution in [2.24, 2.45) is 0 Å². The SMILES string of the molecule is CN(C)c1nc(CNC(=O)c2cc(Cl)sc2Cl)nc(N(C)C)n1. The minimum Gasteiger partial charge on any atom is -0.347 e. The maximum Gasteiger partial charge on any atom is 0.254 e. The van der Waals surface area contributed by atoms with Crippen LogP contribution in [0.3, 0.4) is 0 Å². The molecule has 0 aromatic carbocycles. The van der Waals surface area contributed by atoms with E-state index in [-0.39, 0.29) is 12.5 Å². The average molecular weight is 375 g/mol. The maximum atomic E-state index is 12.2. The average Bonchev–Trinajstić information content (AvgIpc) is 2.83. The second kappa shape index (κ2) is 7.29. The van der Waals surface area contributed by atoms with Crippen LogP contribution in [0.5, 0.6) is 0 Å². The van der Waals surface area contributed by atoms with Crippen LogP contribution in [0.1, 0.15) is 16.2 Å². The monoisotopic (exact) mass is 374 g/mol. The smallest absolute Gasteiger partial charge is 0.254 e. The van der Waals surface area contributed by atoms with Gasteiger partial charge >= 0.3 is 0 Å². The van der Waals surface area contributed by atoms with E-state index in [1.807, 2.05) is 28.2 Å². The number of rotatable bonds is 5. The Morgan fingerprint density at radius 2 is 1.70 bits per heavy atom. The van der Waals surface area contributed by atoms with Crippen molar-refractivity contribution in [3.05, 3.63) is 26.1 Å². The molecular weight excluding hydrogens is 359 g/mol. The van der Waals surface area contributed by atoms with E-state index < -0.39 is 0 Å². The minimum atomic E-state index is -0.323. The summed E-state index contributed by atoms with van der Waals surface area (Å²) in [5, 5.41) is 2.74. The highest BCUT2D eigenvalue weighted by molar-refractivity contribution is 7.20. The van der Waals surface area contributed by atoms with Crippen molar-refractivity contribution in [3.8, 4) is 0 Å². The molecule has 124 valence electrons. The molecule has 0 aliphatic carbocycles. The summed E-state index contributed by atoms with van der Waals surface area (Å²) in [5.74, 6) is 1.17. The van der Waals surface area contributed by atoms with Crippen LogP contribution in [-0.2, 0) is 6.54 Å². The van der Waals surface area contributed by atoms with Crippen LogP contribution in [0.15, 0.2) is 6.07 Å². The highest BCUT2D eigenvalue weighted by Crippen LogP contribution is 2.30. The molecule has 0 aliphatic heterocycles. The van der Waals surface area contributed by atoms with Gasteiger partial charge in [-0.05, 0) is 6.07 Å². The van der Waals surface area contributed by atoms with Crippen molar-refractivity contribution in [2.45, 2.75) is 6.54 Å². The summed E-state index contributed by atoms with van der Waals surface area (Å²) in [4.78, 5) is 28.6. The summed E-state index contributed by atoms with van der Waals surface area (Å²) >= 11 is 13.0. The van der Waals surface area contributed by atoms with Crippen molar-refractivity contribution >= 4 is 52.3 Å². The first-order valence-corrected chi connectivity index (χ1v) is 8.17. The second-order valence-corrected chi connectivity index (χ2v) is 7.35. The largest absolute Gasteiger partial charge is 0.347 e. The molecule has 0 radical (unpaired) electrons. The first-order valence-electron chi connectivity index (χ1n) is 6.60. The molecule has 10 heteroatoms. The van der Waals surface area contributed by atoms with Crippen molar-refractivity contribution < 1.29 is 4.79 Å². The van der Waals surface area contributed by atoms with Gasteiger partial charge in [0.25, 0.3) is 5.91 Å². The van der Waals surface area contributed by atoms with E-state index in [1.165, 1.54) is 6.07 Å². The third kappa shape index (κ3) is 4.43. The lowest BCUT2D eigenvalue weighted by atomic mass is 10.3. The predicted molar refractivity (Wildman–Crippen MR) is 94.0 cm³/mol. The summed E-state index contributed by atoms with van der Waals surface area (Å²) in [6.45, 7) is 0.160. The van der Waals surface area contributed by atoms with Gasteiger partial charge in [0.1, 0.15) is 4.34 Å². The third-order valence-corrected chi connectivity index (χ3v) is 4.25. The second-order valence-electron chi connectivity index (χ2n) is 5.06. The molecule has 1 N–H and O–H groups in total. The number of hydrogen-bond donors (Lipinski definition) is 1. The van der Waals surface area contributed by atoms with Gasteiger partial charge in [-0.15, -0.1) is 11.3 Å². The molecule has 2 heterocycles. The van der Waals surface area contributed by atoms with Crippen molar-refractivity contribution in [3.63, 3.8) is 0 Å². The fourth-order valence-corrected chi connectivity index (χ4v) is 3.08. The number of hydrogen-bond acceptors (Lipinski definition) is 7. The summed E-state index contributed by atoms with van der Waals surface area (Å²) in [6, 6.07) is 1.54. The Morgan fingerprint density at radius 1 is 1.13 bits per heavy atom. The fourth-order valence-electron chi connectivity index (χ4n) is 1.62. The van der Waals surface area contributed by atoms with E-state index in [0.29, 0.717) is 32.0 Å². The number of nitrogens with zero attached hydrogens (tertiary/aromatic N) is 5. The minimum absolute atomic E-state index is 0.160. The quantitative estimate of drug-likeness (QED) is 0.865. The molecule has 0 aliphatic rings.